The van der Waals surface area contributed by atoms with E-state index in [1.807, 2.05) is 86.6 Å². The molecule has 2 aliphatic rings. The van der Waals surface area contributed by atoms with Gasteiger partial charge in [0.05, 0.1) is 11.4 Å². The zero-order chi connectivity index (χ0) is 51.9. The molecule has 2 heterocycles. The smallest absolute Gasteiger partial charge is 0.331 e. The topological polar surface area (TPSA) is 121 Å². The highest BCUT2D eigenvalue weighted by molar-refractivity contribution is 6.18. The number of carbonyl (C=O) groups excluding carboxylic acids is 4. The average Bonchev–Trinajstić information content (AvgIpc) is 4.14. The first kappa shape index (κ1) is 51.4. The van der Waals surface area contributed by atoms with E-state index in [4.69, 9.17) is 9.68 Å². The molecule has 0 N–H and O–H groups in total. The molecule has 2 aromatic heterocycles. The summed E-state index contributed by atoms with van der Waals surface area (Å²) in [5, 5.41) is 12.8. The molecule has 380 valence electrons. The Morgan fingerprint density at radius 2 is 0.932 bits per heavy atom. The lowest BCUT2D eigenvalue weighted by atomic mass is 9.83. The Balaban J connectivity index is 0.000000182. The van der Waals surface area contributed by atoms with Gasteiger partial charge >= 0.3 is 11.9 Å². The largest absolute Gasteiger partial charge is 0.341 e. The molecule has 2 saturated carbocycles. The van der Waals surface area contributed by atoms with E-state index < -0.39 is 11.9 Å². The van der Waals surface area contributed by atoms with Gasteiger partial charge in [-0.3, -0.25) is 9.59 Å². The lowest BCUT2D eigenvalue weighted by Gasteiger charge is -2.23. The van der Waals surface area contributed by atoms with Crippen molar-refractivity contribution < 1.29 is 28.9 Å². The predicted octanol–water partition coefficient (Wildman–Crippen LogP) is 15.2. The normalized spacial score (nSPS) is 14.7. The molecule has 0 bridgehead atoms. The number of benzene rings is 6. The van der Waals surface area contributed by atoms with Gasteiger partial charge in [-0.2, -0.15) is 0 Å². The summed E-state index contributed by atoms with van der Waals surface area (Å²) in [4.78, 5) is 60.2. The molecule has 0 aliphatic heterocycles. The first-order valence-electron chi connectivity index (χ1n) is 26.8. The maximum Gasteiger partial charge on any atom is 0.331 e. The summed E-state index contributed by atoms with van der Waals surface area (Å²) in [6.45, 7) is 12.6. The Kier molecular flexibility index (Phi) is 16.1. The minimum absolute atomic E-state index is 0.0302. The number of ketones is 2. The van der Waals surface area contributed by atoms with Crippen molar-refractivity contribution in [1.29, 1.82) is 0 Å². The third-order valence-corrected chi connectivity index (χ3v) is 15.3. The Bertz CT molecular complexity index is 3470. The molecular weight excluding hydrogens is 921 g/mol. The SMILES string of the molecule is CCn1c2ccc(C(=O)c3ccccc3C)cc2c2cc(/C(=N/OC(C)=O)C3CCCCC3)ccc21.CCn1c2ccc(C(=O)c3ccccc3C)cc2c2cc(/C(CCCC3CCCC3)=N/OC(C)=O)ccc21. The van der Waals surface area contributed by atoms with Gasteiger partial charge in [0, 0.05) is 110 Å². The van der Waals surface area contributed by atoms with Crippen molar-refractivity contribution in [3.05, 3.63) is 166 Å². The van der Waals surface area contributed by atoms with Crippen molar-refractivity contribution in [3.8, 4) is 0 Å². The molecule has 10 heteroatoms. The number of aryl methyl sites for hydroxylation is 4. The lowest BCUT2D eigenvalue weighted by molar-refractivity contribution is -0.141. The van der Waals surface area contributed by atoms with Crippen LogP contribution in [0.25, 0.3) is 43.6 Å². The summed E-state index contributed by atoms with van der Waals surface area (Å²) >= 11 is 0. The van der Waals surface area contributed by atoms with Crippen LogP contribution < -0.4 is 0 Å². The fourth-order valence-corrected chi connectivity index (χ4v) is 11.5. The second-order valence-electron chi connectivity index (χ2n) is 20.3. The van der Waals surface area contributed by atoms with Gasteiger partial charge in [0.25, 0.3) is 0 Å². The molecule has 0 unspecified atom stereocenters. The third-order valence-electron chi connectivity index (χ3n) is 15.3. The number of aromatic nitrogens is 2. The predicted molar refractivity (Wildman–Crippen MR) is 298 cm³/mol. The molecule has 6 aromatic carbocycles. The van der Waals surface area contributed by atoms with Gasteiger partial charge < -0.3 is 18.8 Å². The standard InChI is InChI=1S/C33H36N2O3.C31H32N2O3/c1-4-35-31-18-16-25(30(34-38-23(3)36)15-9-13-24-11-6-7-12-24)20-28(31)29-21-26(17-19-32(29)35)33(37)27-14-8-5-10-22(27)2;1-4-33-28-16-14-23(30(32-36-21(3)34)22-11-6-5-7-12-22)18-26(28)27-19-24(15-17-29(27)33)31(35)25-13-9-8-10-20(25)2/h5,8,10,14,16-21,24H,4,6-7,9,11-13,15H2,1-3H3;8-10,13-19,22H,4-7,11-12H2,1-3H3/b34-30+;32-30+. The molecule has 2 fully saturated rings. The highest BCUT2D eigenvalue weighted by Crippen LogP contribution is 2.36. The number of hydrogen-bond acceptors (Lipinski definition) is 8. The minimum atomic E-state index is -0.415. The van der Waals surface area contributed by atoms with Crippen LogP contribution in [0.2, 0.25) is 0 Å². The monoisotopic (exact) mass is 989 g/mol. The van der Waals surface area contributed by atoms with Crippen LogP contribution in [-0.2, 0) is 32.4 Å². The van der Waals surface area contributed by atoms with E-state index in [-0.39, 0.29) is 17.5 Å². The Hall–Kier alpha value is -7.46. The Labute approximate surface area is 434 Å². The van der Waals surface area contributed by atoms with Gasteiger partial charge in [-0.25, -0.2) is 9.59 Å². The van der Waals surface area contributed by atoms with Crippen molar-refractivity contribution >= 4 is 78.5 Å². The summed E-state index contributed by atoms with van der Waals surface area (Å²) in [6.07, 6.45) is 13.9. The molecule has 0 atom stereocenters. The number of nitrogens with zero attached hydrogens (tertiary/aromatic N) is 4. The van der Waals surface area contributed by atoms with Crippen molar-refractivity contribution in [1.82, 2.24) is 9.13 Å². The molecule has 10 rings (SSSR count). The molecular formula is C64H68N4O6. The van der Waals surface area contributed by atoms with Gasteiger partial charge in [-0.05, 0) is 131 Å². The van der Waals surface area contributed by atoms with E-state index in [1.54, 1.807) is 0 Å². The van der Waals surface area contributed by atoms with Crippen LogP contribution in [0.1, 0.15) is 159 Å². The van der Waals surface area contributed by atoms with E-state index in [0.717, 1.165) is 146 Å². The molecule has 0 radical (unpaired) electrons. The van der Waals surface area contributed by atoms with Gasteiger partial charge in [0.1, 0.15) is 0 Å². The van der Waals surface area contributed by atoms with Crippen LogP contribution in [0.15, 0.2) is 132 Å². The number of fused-ring (bicyclic) bond motifs is 6. The minimum Gasteiger partial charge on any atom is -0.341 e. The molecule has 2 aliphatic carbocycles. The van der Waals surface area contributed by atoms with Gasteiger partial charge in [0.2, 0.25) is 0 Å². The lowest BCUT2D eigenvalue weighted by Crippen LogP contribution is -2.20. The van der Waals surface area contributed by atoms with Gasteiger partial charge in [-0.1, -0.05) is 122 Å². The van der Waals surface area contributed by atoms with Crippen LogP contribution in [0.3, 0.4) is 0 Å². The second-order valence-corrected chi connectivity index (χ2v) is 20.3. The number of carbonyl (C=O) groups is 4. The molecule has 10 nitrogen and oxygen atoms in total. The average molecular weight is 989 g/mol. The number of hydrogen-bond donors (Lipinski definition) is 0. The highest BCUT2D eigenvalue weighted by Gasteiger charge is 2.24. The van der Waals surface area contributed by atoms with E-state index >= 15 is 0 Å². The Morgan fingerprint density at radius 1 is 0.514 bits per heavy atom. The van der Waals surface area contributed by atoms with Crippen LogP contribution >= 0.6 is 0 Å². The van der Waals surface area contributed by atoms with E-state index in [9.17, 15) is 19.2 Å². The molecule has 74 heavy (non-hydrogen) atoms. The van der Waals surface area contributed by atoms with Crippen molar-refractivity contribution in [3.63, 3.8) is 0 Å². The van der Waals surface area contributed by atoms with Crippen LogP contribution in [0.5, 0.6) is 0 Å². The summed E-state index contributed by atoms with van der Waals surface area (Å²) in [5.74, 6) is 0.311. The zero-order valence-electron chi connectivity index (χ0n) is 43.8. The van der Waals surface area contributed by atoms with E-state index in [0.29, 0.717) is 11.1 Å². The van der Waals surface area contributed by atoms with Gasteiger partial charge in [0.15, 0.2) is 11.6 Å². The maximum absolute atomic E-state index is 13.4. The summed E-state index contributed by atoms with van der Waals surface area (Å²) in [5.41, 5.74) is 12.8. The van der Waals surface area contributed by atoms with Crippen LogP contribution in [-0.4, -0.2) is 44.1 Å². The van der Waals surface area contributed by atoms with Gasteiger partial charge in [-0.15, -0.1) is 0 Å². The summed E-state index contributed by atoms with van der Waals surface area (Å²) < 4.78 is 4.55. The fourth-order valence-electron chi connectivity index (χ4n) is 11.5. The molecule has 0 spiro atoms. The molecule has 8 aromatic rings. The van der Waals surface area contributed by atoms with Crippen molar-refractivity contribution in [2.75, 3.05) is 0 Å². The fraction of sp³-hybridized carbons (Fsp3) is 0.344. The number of oxime groups is 2. The Morgan fingerprint density at radius 3 is 1.41 bits per heavy atom. The van der Waals surface area contributed by atoms with Crippen LogP contribution in [0.4, 0.5) is 0 Å². The maximum atomic E-state index is 13.4. The van der Waals surface area contributed by atoms with E-state index in [2.05, 4.69) is 81.8 Å². The summed E-state index contributed by atoms with van der Waals surface area (Å²) in [6, 6.07) is 40.1. The first-order chi connectivity index (χ1) is 35.9. The summed E-state index contributed by atoms with van der Waals surface area (Å²) in [7, 11) is 0. The van der Waals surface area contributed by atoms with Crippen molar-refractivity contribution in [2.45, 2.75) is 132 Å². The van der Waals surface area contributed by atoms with E-state index in [1.165, 1.54) is 52.4 Å². The quantitative estimate of drug-likeness (QED) is 0.0436. The molecule has 0 amide bonds. The highest BCUT2D eigenvalue weighted by atomic mass is 16.7. The number of rotatable bonds is 15. The zero-order valence-corrected chi connectivity index (χ0v) is 43.8. The first-order valence-corrected chi connectivity index (χ1v) is 26.8. The molecule has 0 saturated heterocycles. The third kappa shape index (κ3) is 11.1. The van der Waals surface area contributed by atoms with Crippen LogP contribution in [0, 0.1) is 25.7 Å². The van der Waals surface area contributed by atoms with Crippen molar-refractivity contribution in [2.24, 2.45) is 22.1 Å². The second kappa shape index (κ2) is 23.2.